The molecule has 0 rings (SSSR count). The van der Waals surface area contributed by atoms with E-state index >= 15 is 0 Å². The molecule has 0 fully saturated rings. The SMILES string of the molecule is CCC(C)[C@H](NC)C(=O)C(O)(CC(=O)C(C)(O)C(=O)[C@@H](C)NC)C(=O)C(O)(CC(=O)[C@H](NC)C(C)CC)C(=O)O. The lowest BCUT2D eigenvalue weighted by atomic mass is 9.71. The number of nitrogens with one attached hydrogen (secondary N) is 3. The van der Waals surface area contributed by atoms with Crippen LogP contribution >= 0.6 is 0 Å². The molecule has 0 aliphatic carbocycles. The fraction of sp³-hybridized carbons (Fsp3) is 0.778. The van der Waals surface area contributed by atoms with E-state index in [-0.39, 0.29) is 5.92 Å². The maximum absolute atomic E-state index is 13.8. The molecular formula is C27H47N3O10. The predicted molar refractivity (Wildman–Crippen MR) is 146 cm³/mol. The molecule has 0 saturated heterocycles. The van der Waals surface area contributed by atoms with Crippen LogP contribution < -0.4 is 16.0 Å². The Bertz CT molecular complexity index is 968. The molecule has 0 aliphatic rings. The van der Waals surface area contributed by atoms with Crippen molar-refractivity contribution in [1.82, 2.24) is 16.0 Å². The molecule has 8 atom stereocenters. The van der Waals surface area contributed by atoms with Crippen LogP contribution in [0.15, 0.2) is 0 Å². The normalized spacial score (nSPS) is 20.0. The van der Waals surface area contributed by atoms with Crippen molar-refractivity contribution in [3.8, 4) is 0 Å². The first-order valence-electron chi connectivity index (χ1n) is 13.4. The minimum Gasteiger partial charge on any atom is -0.479 e. The number of aliphatic carboxylic acids is 1. The van der Waals surface area contributed by atoms with E-state index in [9.17, 15) is 49.2 Å². The molecule has 40 heavy (non-hydrogen) atoms. The van der Waals surface area contributed by atoms with Crippen molar-refractivity contribution in [2.75, 3.05) is 21.1 Å². The third-order valence-electron chi connectivity index (χ3n) is 7.89. The van der Waals surface area contributed by atoms with Crippen LogP contribution in [0.1, 0.15) is 67.2 Å². The van der Waals surface area contributed by atoms with Crippen LogP contribution in [0.25, 0.3) is 0 Å². The highest BCUT2D eigenvalue weighted by molar-refractivity contribution is 6.25. The second-order valence-electron chi connectivity index (χ2n) is 10.7. The number of hydrogen-bond donors (Lipinski definition) is 7. The van der Waals surface area contributed by atoms with Gasteiger partial charge >= 0.3 is 5.97 Å². The van der Waals surface area contributed by atoms with Crippen LogP contribution in [0.3, 0.4) is 0 Å². The number of rotatable bonds is 20. The summed E-state index contributed by atoms with van der Waals surface area (Å²) in [5, 5.41) is 51.3. The van der Waals surface area contributed by atoms with Gasteiger partial charge in [0.25, 0.3) is 0 Å². The van der Waals surface area contributed by atoms with Crippen LogP contribution in [0.4, 0.5) is 0 Å². The second kappa shape index (κ2) is 15.0. The number of ketones is 5. The zero-order valence-corrected chi connectivity index (χ0v) is 25.0. The Morgan fingerprint density at radius 3 is 1.52 bits per heavy atom. The highest BCUT2D eigenvalue weighted by Crippen LogP contribution is 2.31. The Hall–Kier alpha value is -2.42. The standard InChI is InChI=1S/C27H47N3O10/c1-10-14(3)19(29-8)17(31)12-27(40,24(36)37)23(35)26(39,22(34)20(30-9)15(4)11-2)13-18(32)25(6,38)21(33)16(5)28-7/h14-16,19-20,28-30,38-40H,10-13H2,1-9H3,(H,36,37)/t14?,15?,16-,19-,20+,25?,26?,27?/m1/s1. The third-order valence-corrected chi connectivity index (χ3v) is 7.89. The van der Waals surface area contributed by atoms with Gasteiger partial charge in [-0.2, -0.15) is 0 Å². The van der Waals surface area contributed by atoms with E-state index in [0.717, 1.165) is 6.92 Å². The lowest BCUT2D eigenvalue weighted by Gasteiger charge is -2.37. The molecule has 0 radical (unpaired) electrons. The van der Waals surface area contributed by atoms with E-state index < -0.39 is 88.6 Å². The van der Waals surface area contributed by atoms with Crippen molar-refractivity contribution in [3.05, 3.63) is 0 Å². The molecule has 230 valence electrons. The summed E-state index contributed by atoms with van der Waals surface area (Å²) in [7, 11) is 4.16. The van der Waals surface area contributed by atoms with E-state index in [1.165, 1.54) is 28.1 Å². The van der Waals surface area contributed by atoms with Gasteiger partial charge in [0.05, 0.1) is 31.0 Å². The van der Waals surface area contributed by atoms with Crippen molar-refractivity contribution < 1.29 is 49.2 Å². The average molecular weight is 574 g/mol. The quantitative estimate of drug-likeness (QED) is 0.0851. The third kappa shape index (κ3) is 7.86. The minimum atomic E-state index is -3.62. The topological polar surface area (TPSA) is 219 Å². The number of hydrogen-bond acceptors (Lipinski definition) is 12. The summed E-state index contributed by atoms with van der Waals surface area (Å²) in [6.07, 6.45) is -2.01. The molecule has 0 aromatic rings. The van der Waals surface area contributed by atoms with Crippen molar-refractivity contribution in [2.24, 2.45) is 11.8 Å². The maximum atomic E-state index is 13.8. The zero-order valence-electron chi connectivity index (χ0n) is 25.0. The number of Topliss-reactive ketones (excluding diaryl/α,β-unsaturated/α-hetero) is 5. The van der Waals surface area contributed by atoms with Gasteiger partial charge in [-0.3, -0.25) is 24.0 Å². The van der Waals surface area contributed by atoms with E-state index in [4.69, 9.17) is 0 Å². The summed E-state index contributed by atoms with van der Waals surface area (Å²) in [4.78, 5) is 78.7. The zero-order chi connectivity index (χ0) is 31.8. The van der Waals surface area contributed by atoms with Crippen LogP contribution in [0.2, 0.25) is 0 Å². The number of likely N-dealkylation sites (N-methyl/N-ethyl adjacent to an activating group) is 3. The van der Waals surface area contributed by atoms with Crippen LogP contribution in [0, 0.1) is 11.8 Å². The Morgan fingerprint density at radius 1 is 0.700 bits per heavy atom. The number of carboxylic acids is 1. The van der Waals surface area contributed by atoms with Gasteiger partial charge in [-0.25, -0.2) is 4.79 Å². The van der Waals surface area contributed by atoms with Gasteiger partial charge in [-0.15, -0.1) is 0 Å². The molecule has 0 aromatic carbocycles. The van der Waals surface area contributed by atoms with Gasteiger partial charge in [0.1, 0.15) is 0 Å². The molecule has 13 heteroatoms. The molecular weight excluding hydrogens is 526 g/mol. The summed E-state index contributed by atoms with van der Waals surface area (Å²) < 4.78 is 0. The summed E-state index contributed by atoms with van der Waals surface area (Å²) >= 11 is 0. The summed E-state index contributed by atoms with van der Waals surface area (Å²) in [5.74, 6) is -9.86. The van der Waals surface area contributed by atoms with Crippen LogP contribution in [0.5, 0.6) is 0 Å². The highest BCUT2D eigenvalue weighted by Gasteiger charge is 2.61. The molecule has 0 bridgehead atoms. The van der Waals surface area contributed by atoms with Gasteiger partial charge in [0, 0.05) is 0 Å². The molecule has 0 saturated carbocycles. The van der Waals surface area contributed by atoms with Gasteiger partial charge < -0.3 is 36.4 Å². The first kappa shape index (κ1) is 37.6. The van der Waals surface area contributed by atoms with Gasteiger partial charge in [0.15, 0.2) is 34.3 Å². The fourth-order valence-corrected chi connectivity index (χ4v) is 4.50. The Morgan fingerprint density at radius 2 is 1.15 bits per heavy atom. The lowest BCUT2D eigenvalue weighted by molar-refractivity contribution is -0.181. The number of aliphatic hydroxyl groups is 3. The predicted octanol–water partition coefficient (Wildman–Crippen LogP) is -1.21. The van der Waals surface area contributed by atoms with Crippen molar-refractivity contribution in [2.45, 2.75) is 102 Å². The molecule has 0 aromatic heterocycles. The highest BCUT2D eigenvalue weighted by atomic mass is 16.4. The number of carboxylic acid groups (broad SMARTS) is 1. The van der Waals surface area contributed by atoms with Crippen molar-refractivity contribution >= 4 is 34.9 Å². The van der Waals surface area contributed by atoms with E-state index in [1.54, 1.807) is 27.7 Å². The monoisotopic (exact) mass is 573 g/mol. The fourth-order valence-electron chi connectivity index (χ4n) is 4.50. The Labute approximate surface area is 235 Å². The Balaban J connectivity index is 7.02. The molecule has 13 nitrogen and oxygen atoms in total. The summed E-state index contributed by atoms with van der Waals surface area (Å²) in [6, 6.07) is -3.32. The average Bonchev–Trinajstić information content (AvgIpc) is 2.91. The molecule has 0 spiro atoms. The van der Waals surface area contributed by atoms with Crippen LogP contribution in [-0.2, 0) is 28.8 Å². The first-order valence-corrected chi connectivity index (χ1v) is 13.4. The van der Waals surface area contributed by atoms with E-state index in [2.05, 4.69) is 16.0 Å². The molecule has 0 aliphatic heterocycles. The van der Waals surface area contributed by atoms with Crippen molar-refractivity contribution in [3.63, 3.8) is 0 Å². The van der Waals surface area contributed by atoms with Crippen LogP contribution in [-0.4, -0.2) is 111 Å². The largest absolute Gasteiger partial charge is 0.479 e. The molecule has 0 amide bonds. The van der Waals surface area contributed by atoms with Gasteiger partial charge in [-0.1, -0.05) is 40.5 Å². The minimum absolute atomic E-state index is 0.331. The first-order chi connectivity index (χ1) is 18.3. The van der Waals surface area contributed by atoms with E-state index in [1.807, 2.05) is 0 Å². The number of carbonyl (C=O) groups excluding carboxylic acids is 5. The lowest BCUT2D eigenvalue weighted by Crippen LogP contribution is -2.67. The summed E-state index contributed by atoms with van der Waals surface area (Å²) in [6.45, 7) is 8.92. The smallest absolute Gasteiger partial charge is 0.344 e. The van der Waals surface area contributed by atoms with Crippen molar-refractivity contribution in [1.29, 1.82) is 0 Å². The molecule has 7 N–H and O–H groups in total. The van der Waals surface area contributed by atoms with Gasteiger partial charge in [-0.05, 0) is 46.8 Å². The van der Waals surface area contributed by atoms with E-state index in [0.29, 0.717) is 12.8 Å². The number of carbonyl (C=O) groups is 6. The van der Waals surface area contributed by atoms with Gasteiger partial charge in [0.2, 0.25) is 11.4 Å². The molecule has 0 heterocycles. The second-order valence-corrected chi connectivity index (χ2v) is 10.7. The maximum Gasteiger partial charge on any atom is 0.344 e. The summed E-state index contributed by atoms with van der Waals surface area (Å²) in [5.41, 5.74) is -9.94. The Kier molecular flexibility index (Phi) is 14.1. The molecule has 5 unspecified atom stereocenters.